The molecule has 2 aromatic carbocycles. The molecule has 1 heterocycles. The topological polar surface area (TPSA) is 29.9 Å². The Hall–Kier alpha value is -2.53. The number of halogens is 2. The summed E-state index contributed by atoms with van der Waals surface area (Å²) in [4.78, 5) is 4.36. The number of nitrogens with zero attached hydrogens (tertiary/aromatic N) is 2. The van der Waals surface area contributed by atoms with Crippen LogP contribution in [0.25, 0.3) is 0 Å². The first-order valence-electron chi connectivity index (χ1n) is 7.34. The Kier molecular flexibility index (Phi) is 4.48. The van der Waals surface area contributed by atoms with E-state index in [9.17, 15) is 8.78 Å². The molecule has 23 heavy (non-hydrogen) atoms. The fraction of sp³-hybridized carbons (Fsp3) is 0.167. The molecule has 0 saturated heterocycles. The molecule has 0 fully saturated rings. The van der Waals surface area contributed by atoms with Crippen molar-refractivity contribution in [2.75, 3.05) is 0 Å². The molecule has 0 aliphatic carbocycles. The predicted octanol–water partition coefficient (Wildman–Crippen LogP) is 3.58. The first-order valence-corrected chi connectivity index (χ1v) is 7.34. The number of aromatic nitrogens is 2. The maximum atomic E-state index is 13.6. The van der Waals surface area contributed by atoms with Crippen molar-refractivity contribution in [3.8, 4) is 0 Å². The van der Waals surface area contributed by atoms with Gasteiger partial charge in [0.15, 0.2) is 0 Å². The standard InChI is InChI=1S/C18H17F2N3/c1-23-9-8-21-18(23)17(14-5-3-7-16(20)11-14)22-12-13-4-2-6-15(19)10-13/h2-11,17,22H,12H2,1H3. The van der Waals surface area contributed by atoms with Crippen LogP contribution in [0.15, 0.2) is 60.9 Å². The molecule has 1 N–H and O–H groups in total. The van der Waals surface area contributed by atoms with Gasteiger partial charge in [-0.25, -0.2) is 13.8 Å². The first-order chi connectivity index (χ1) is 11.1. The highest BCUT2D eigenvalue weighted by Crippen LogP contribution is 2.22. The van der Waals surface area contributed by atoms with Gasteiger partial charge in [0.05, 0.1) is 6.04 Å². The van der Waals surface area contributed by atoms with Gasteiger partial charge in [-0.2, -0.15) is 0 Å². The lowest BCUT2D eigenvalue weighted by Gasteiger charge is -2.19. The summed E-state index contributed by atoms with van der Waals surface area (Å²) in [6.45, 7) is 0.450. The highest BCUT2D eigenvalue weighted by molar-refractivity contribution is 5.26. The van der Waals surface area contributed by atoms with E-state index in [0.29, 0.717) is 6.54 Å². The van der Waals surface area contributed by atoms with Crippen LogP contribution in [-0.4, -0.2) is 9.55 Å². The van der Waals surface area contributed by atoms with Crippen molar-refractivity contribution in [3.05, 3.63) is 89.5 Å². The monoisotopic (exact) mass is 313 g/mol. The van der Waals surface area contributed by atoms with Crippen LogP contribution in [0, 0.1) is 11.6 Å². The van der Waals surface area contributed by atoms with E-state index in [2.05, 4.69) is 10.3 Å². The summed E-state index contributed by atoms with van der Waals surface area (Å²) in [7, 11) is 1.89. The van der Waals surface area contributed by atoms with E-state index in [0.717, 1.165) is 17.0 Å². The smallest absolute Gasteiger partial charge is 0.130 e. The van der Waals surface area contributed by atoms with Crippen molar-refractivity contribution in [1.29, 1.82) is 0 Å². The van der Waals surface area contributed by atoms with Crippen molar-refractivity contribution >= 4 is 0 Å². The summed E-state index contributed by atoms with van der Waals surface area (Å²) < 4.78 is 28.8. The number of imidazole rings is 1. The molecule has 118 valence electrons. The lowest BCUT2D eigenvalue weighted by Crippen LogP contribution is -2.25. The number of benzene rings is 2. The average Bonchev–Trinajstić information content (AvgIpc) is 2.94. The van der Waals surface area contributed by atoms with Crippen LogP contribution >= 0.6 is 0 Å². The van der Waals surface area contributed by atoms with Crippen LogP contribution in [-0.2, 0) is 13.6 Å². The number of hydrogen-bond acceptors (Lipinski definition) is 2. The molecule has 0 amide bonds. The Morgan fingerprint density at radius 3 is 2.48 bits per heavy atom. The fourth-order valence-electron chi connectivity index (χ4n) is 2.57. The molecular formula is C18H17F2N3. The zero-order chi connectivity index (χ0) is 16.2. The molecule has 0 aliphatic heterocycles. The third-order valence-corrected chi connectivity index (χ3v) is 3.70. The van der Waals surface area contributed by atoms with Gasteiger partial charge < -0.3 is 4.57 Å². The van der Waals surface area contributed by atoms with Crippen LogP contribution < -0.4 is 5.32 Å². The molecule has 3 aromatic rings. The van der Waals surface area contributed by atoms with E-state index < -0.39 is 0 Å². The van der Waals surface area contributed by atoms with Crippen molar-refractivity contribution in [1.82, 2.24) is 14.9 Å². The van der Waals surface area contributed by atoms with Gasteiger partial charge in [-0.1, -0.05) is 24.3 Å². The summed E-state index contributed by atoms with van der Waals surface area (Å²) in [6, 6.07) is 12.5. The average molecular weight is 313 g/mol. The normalized spacial score (nSPS) is 12.3. The predicted molar refractivity (Wildman–Crippen MR) is 84.7 cm³/mol. The largest absolute Gasteiger partial charge is 0.336 e. The van der Waals surface area contributed by atoms with Gasteiger partial charge >= 0.3 is 0 Å². The Bertz CT molecular complexity index is 798. The van der Waals surface area contributed by atoms with Gasteiger partial charge in [0.25, 0.3) is 0 Å². The SMILES string of the molecule is Cn1ccnc1C(NCc1cccc(F)c1)c1cccc(F)c1. The Labute approximate surface area is 133 Å². The van der Waals surface area contributed by atoms with Gasteiger partial charge in [-0.05, 0) is 35.4 Å². The summed E-state index contributed by atoms with van der Waals surface area (Å²) in [5, 5.41) is 3.33. The maximum Gasteiger partial charge on any atom is 0.130 e. The van der Waals surface area contributed by atoms with Crippen LogP contribution in [0.2, 0.25) is 0 Å². The van der Waals surface area contributed by atoms with E-state index in [1.54, 1.807) is 18.3 Å². The van der Waals surface area contributed by atoms with E-state index >= 15 is 0 Å². The molecule has 1 atom stereocenters. The van der Waals surface area contributed by atoms with E-state index in [1.807, 2.05) is 29.9 Å². The van der Waals surface area contributed by atoms with Crippen LogP contribution in [0.4, 0.5) is 8.78 Å². The van der Waals surface area contributed by atoms with Gasteiger partial charge in [0, 0.05) is 26.0 Å². The van der Waals surface area contributed by atoms with E-state index in [4.69, 9.17) is 0 Å². The molecule has 5 heteroatoms. The first kappa shape index (κ1) is 15.4. The lowest BCUT2D eigenvalue weighted by atomic mass is 10.1. The highest BCUT2D eigenvalue weighted by atomic mass is 19.1. The molecule has 3 rings (SSSR count). The van der Waals surface area contributed by atoms with Gasteiger partial charge in [-0.3, -0.25) is 5.32 Å². The molecule has 0 radical (unpaired) electrons. The summed E-state index contributed by atoms with van der Waals surface area (Å²) in [5.74, 6) is 0.199. The zero-order valence-corrected chi connectivity index (χ0v) is 12.7. The fourth-order valence-corrected chi connectivity index (χ4v) is 2.57. The van der Waals surface area contributed by atoms with E-state index in [-0.39, 0.29) is 17.7 Å². The number of nitrogens with one attached hydrogen (secondary N) is 1. The molecule has 0 saturated carbocycles. The molecule has 0 aliphatic rings. The van der Waals surface area contributed by atoms with Gasteiger partial charge in [-0.15, -0.1) is 0 Å². The lowest BCUT2D eigenvalue weighted by molar-refractivity contribution is 0.548. The van der Waals surface area contributed by atoms with Gasteiger partial charge in [0.2, 0.25) is 0 Å². The third kappa shape index (κ3) is 3.63. The molecule has 0 spiro atoms. The van der Waals surface area contributed by atoms with Crippen LogP contribution in [0.5, 0.6) is 0 Å². The maximum absolute atomic E-state index is 13.6. The highest BCUT2D eigenvalue weighted by Gasteiger charge is 2.18. The summed E-state index contributed by atoms with van der Waals surface area (Å²) in [6.07, 6.45) is 3.54. The van der Waals surface area contributed by atoms with E-state index in [1.165, 1.54) is 24.3 Å². The Morgan fingerprint density at radius 1 is 1.09 bits per heavy atom. The van der Waals surface area contributed by atoms with Gasteiger partial charge in [0.1, 0.15) is 17.5 Å². The molecule has 0 bridgehead atoms. The third-order valence-electron chi connectivity index (χ3n) is 3.70. The van der Waals surface area contributed by atoms with Crippen molar-refractivity contribution in [2.24, 2.45) is 7.05 Å². The Morgan fingerprint density at radius 2 is 1.83 bits per heavy atom. The molecule has 3 nitrogen and oxygen atoms in total. The number of aryl methyl sites for hydroxylation is 1. The quantitative estimate of drug-likeness (QED) is 0.780. The zero-order valence-electron chi connectivity index (χ0n) is 12.7. The minimum Gasteiger partial charge on any atom is -0.336 e. The second-order valence-corrected chi connectivity index (χ2v) is 5.40. The summed E-state index contributed by atoms with van der Waals surface area (Å²) in [5.41, 5.74) is 1.59. The number of hydrogen-bond donors (Lipinski definition) is 1. The molecule has 1 unspecified atom stereocenters. The van der Waals surface area contributed by atoms with Crippen LogP contribution in [0.3, 0.4) is 0 Å². The van der Waals surface area contributed by atoms with Crippen LogP contribution in [0.1, 0.15) is 23.0 Å². The second-order valence-electron chi connectivity index (χ2n) is 5.40. The second kappa shape index (κ2) is 6.71. The van der Waals surface area contributed by atoms with Crippen molar-refractivity contribution in [3.63, 3.8) is 0 Å². The molecule has 1 aromatic heterocycles. The minimum absolute atomic E-state index is 0.274. The molecular weight excluding hydrogens is 296 g/mol. The Balaban J connectivity index is 1.88. The van der Waals surface area contributed by atoms with Crippen molar-refractivity contribution < 1.29 is 8.78 Å². The summed E-state index contributed by atoms with van der Waals surface area (Å²) >= 11 is 0. The minimum atomic E-state index is -0.297. The van der Waals surface area contributed by atoms with Crippen molar-refractivity contribution in [2.45, 2.75) is 12.6 Å². The number of rotatable bonds is 5.